The van der Waals surface area contributed by atoms with Gasteiger partial charge < -0.3 is 15.0 Å². The lowest BCUT2D eigenvalue weighted by Crippen LogP contribution is -2.37. The smallest absolute Gasteiger partial charge is 0.128 e. The molecule has 1 aliphatic heterocycles. The van der Waals surface area contributed by atoms with Gasteiger partial charge in [-0.15, -0.1) is 0 Å². The van der Waals surface area contributed by atoms with Gasteiger partial charge in [-0.25, -0.2) is 4.98 Å². The lowest BCUT2D eigenvalue weighted by atomic mass is 10.1. The highest BCUT2D eigenvalue weighted by Gasteiger charge is 2.28. The Labute approximate surface area is 116 Å². The summed E-state index contributed by atoms with van der Waals surface area (Å²) in [4.78, 5) is 6.74. The second-order valence-corrected chi connectivity index (χ2v) is 5.24. The molecule has 1 fully saturated rings. The van der Waals surface area contributed by atoms with Crippen LogP contribution in [0, 0.1) is 0 Å². The van der Waals surface area contributed by atoms with Crippen molar-refractivity contribution in [3.05, 3.63) is 23.9 Å². The van der Waals surface area contributed by atoms with Crippen LogP contribution in [0.3, 0.4) is 0 Å². The Hall–Kier alpha value is -1.13. The van der Waals surface area contributed by atoms with Crippen LogP contribution < -0.4 is 10.2 Å². The monoisotopic (exact) mass is 263 g/mol. The summed E-state index contributed by atoms with van der Waals surface area (Å²) in [6, 6.07) is 4.69. The van der Waals surface area contributed by atoms with E-state index in [4.69, 9.17) is 4.74 Å². The van der Waals surface area contributed by atoms with Gasteiger partial charge >= 0.3 is 0 Å². The summed E-state index contributed by atoms with van der Waals surface area (Å²) in [6.07, 6.45) is 4.43. The molecule has 0 aliphatic carbocycles. The van der Waals surface area contributed by atoms with Crippen molar-refractivity contribution in [3.8, 4) is 0 Å². The number of hydrogen-bond acceptors (Lipinski definition) is 4. The van der Waals surface area contributed by atoms with Gasteiger partial charge in [0.15, 0.2) is 0 Å². The molecule has 0 bridgehead atoms. The van der Waals surface area contributed by atoms with Crippen LogP contribution in [0.4, 0.5) is 5.82 Å². The molecule has 2 atom stereocenters. The molecule has 1 aliphatic rings. The van der Waals surface area contributed by atoms with Crippen LogP contribution in [0.2, 0.25) is 0 Å². The molecule has 0 amide bonds. The average Bonchev–Trinajstić information content (AvgIpc) is 2.85. The second-order valence-electron chi connectivity index (χ2n) is 5.24. The Balaban J connectivity index is 2.01. The number of aromatic nitrogens is 1. The number of likely N-dealkylation sites (N-methyl/N-ethyl adjacent to an activating group) is 1. The normalized spacial score (nSPS) is 22.7. The Bertz CT molecular complexity index is 397. The van der Waals surface area contributed by atoms with E-state index in [2.05, 4.69) is 48.2 Å². The van der Waals surface area contributed by atoms with Gasteiger partial charge in [-0.1, -0.05) is 6.92 Å². The minimum atomic E-state index is 0.286. The molecule has 0 spiro atoms. The summed E-state index contributed by atoms with van der Waals surface area (Å²) in [7, 11) is 2.11. The van der Waals surface area contributed by atoms with Gasteiger partial charge in [0.05, 0.1) is 12.1 Å². The van der Waals surface area contributed by atoms with Gasteiger partial charge in [-0.05, 0) is 44.0 Å². The maximum absolute atomic E-state index is 5.64. The van der Waals surface area contributed by atoms with Crippen LogP contribution in [0.15, 0.2) is 18.3 Å². The SMILES string of the molecule is CCCNCc1ccnc(N(C)C2CCOC2C)c1. The molecule has 0 radical (unpaired) electrons. The maximum atomic E-state index is 5.64. The van der Waals surface area contributed by atoms with Gasteiger partial charge in [0, 0.05) is 26.4 Å². The quantitative estimate of drug-likeness (QED) is 0.798. The first-order valence-corrected chi connectivity index (χ1v) is 7.22. The highest BCUT2D eigenvalue weighted by Crippen LogP contribution is 2.23. The predicted octanol–water partition coefficient (Wildman–Crippen LogP) is 2.19. The van der Waals surface area contributed by atoms with E-state index in [0.717, 1.165) is 38.4 Å². The Kier molecular flexibility index (Phi) is 5.16. The largest absolute Gasteiger partial charge is 0.376 e. The highest BCUT2D eigenvalue weighted by atomic mass is 16.5. The molecule has 106 valence electrons. The first-order chi connectivity index (χ1) is 9.22. The molecule has 19 heavy (non-hydrogen) atoms. The highest BCUT2D eigenvalue weighted by molar-refractivity contribution is 5.41. The fraction of sp³-hybridized carbons (Fsp3) is 0.667. The number of hydrogen-bond donors (Lipinski definition) is 1. The molecule has 1 aromatic rings. The van der Waals surface area contributed by atoms with E-state index >= 15 is 0 Å². The van der Waals surface area contributed by atoms with E-state index in [0.29, 0.717) is 6.04 Å². The van der Waals surface area contributed by atoms with Crippen molar-refractivity contribution >= 4 is 5.82 Å². The van der Waals surface area contributed by atoms with Gasteiger partial charge in [0.1, 0.15) is 5.82 Å². The van der Waals surface area contributed by atoms with Crippen molar-refractivity contribution in [1.82, 2.24) is 10.3 Å². The van der Waals surface area contributed by atoms with Crippen LogP contribution in [-0.4, -0.2) is 37.3 Å². The molecule has 1 aromatic heterocycles. The minimum absolute atomic E-state index is 0.286. The summed E-state index contributed by atoms with van der Waals surface area (Å²) in [6.45, 7) is 7.14. The summed E-state index contributed by atoms with van der Waals surface area (Å²) in [5.41, 5.74) is 1.29. The van der Waals surface area contributed by atoms with Crippen molar-refractivity contribution in [2.75, 3.05) is 25.1 Å². The topological polar surface area (TPSA) is 37.4 Å². The zero-order valence-corrected chi connectivity index (χ0v) is 12.2. The van der Waals surface area contributed by atoms with Crippen LogP contribution in [-0.2, 0) is 11.3 Å². The van der Waals surface area contributed by atoms with Crippen LogP contribution in [0.5, 0.6) is 0 Å². The molecule has 2 unspecified atom stereocenters. The van der Waals surface area contributed by atoms with E-state index in [1.165, 1.54) is 5.56 Å². The number of rotatable bonds is 6. The Morgan fingerprint density at radius 1 is 1.53 bits per heavy atom. The van der Waals surface area contributed by atoms with E-state index < -0.39 is 0 Å². The van der Waals surface area contributed by atoms with E-state index in [9.17, 15) is 0 Å². The fourth-order valence-corrected chi connectivity index (χ4v) is 2.57. The predicted molar refractivity (Wildman–Crippen MR) is 78.5 cm³/mol. The average molecular weight is 263 g/mol. The molecule has 1 saturated heterocycles. The number of pyridine rings is 1. The van der Waals surface area contributed by atoms with E-state index in [-0.39, 0.29) is 6.10 Å². The summed E-state index contributed by atoms with van der Waals surface area (Å²) < 4.78 is 5.64. The van der Waals surface area contributed by atoms with E-state index in [1.54, 1.807) is 0 Å². The molecule has 0 saturated carbocycles. The van der Waals surface area contributed by atoms with Gasteiger partial charge in [-0.3, -0.25) is 0 Å². The lowest BCUT2D eigenvalue weighted by molar-refractivity contribution is 0.118. The molecule has 0 aromatic carbocycles. The summed E-state index contributed by atoms with van der Waals surface area (Å²) >= 11 is 0. The van der Waals surface area contributed by atoms with Crippen molar-refractivity contribution in [1.29, 1.82) is 0 Å². The molecule has 1 N–H and O–H groups in total. The summed E-state index contributed by atoms with van der Waals surface area (Å²) in [5.74, 6) is 1.04. The van der Waals surface area contributed by atoms with Crippen molar-refractivity contribution in [3.63, 3.8) is 0 Å². The molecular weight excluding hydrogens is 238 g/mol. The number of anilines is 1. The third-order valence-corrected chi connectivity index (χ3v) is 3.76. The van der Waals surface area contributed by atoms with Gasteiger partial charge in [0.25, 0.3) is 0 Å². The number of ether oxygens (including phenoxy) is 1. The molecule has 2 rings (SSSR count). The van der Waals surface area contributed by atoms with Crippen molar-refractivity contribution in [2.24, 2.45) is 0 Å². The zero-order chi connectivity index (χ0) is 13.7. The number of nitrogens with one attached hydrogen (secondary N) is 1. The second kappa shape index (κ2) is 6.87. The molecule has 4 nitrogen and oxygen atoms in total. The molecule has 4 heteroatoms. The number of nitrogens with zero attached hydrogens (tertiary/aromatic N) is 2. The van der Waals surface area contributed by atoms with Crippen molar-refractivity contribution < 1.29 is 4.74 Å². The molecular formula is C15H25N3O. The molecule has 2 heterocycles. The van der Waals surface area contributed by atoms with Crippen LogP contribution in [0.25, 0.3) is 0 Å². The van der Waals surface area contributed by atoms with E-state index in [1.807, 2.05) is 6.20 Å². The zero-order valence-electron chi connectivity index (χ0n) is 12.2. The third kappa shape index (κ3) is 3.67. The summed E-state index contributed by atoms with van der Waals surface area (Å²) in [5, 5.41) is 3.42. The van der Waals surface area contributed by atoms with Crippen molar-refractivity contribution in [2.45, 2.75) is 45.4 Å². The van der Waals surface area contributed by atoms with Gasteiger partial charge in [-0.2, -0.15) is 0 Å². The first-order valence-electron chi connectivity index (χ1n) is 7.22. The Morgan fingerprint density at radius 2 is 2.37 bits per heavy atom. The first kappa shape index (κ1) is 14.3. The fourth-order valence-electron chi connectivity index (χ4n) is 2.57. The van der Waals surface area contributed by atoms with Gasteiger partial charge in [0.2, 0.25) is 0 Å². The van der Waals surface area contributed by atoms with Crippen LogP contribution >= 0.6 is 0 Å². The lowest BCUT2D eigenvalue weighted by Gasteiger charge is -2.28. The Morgan fingerprint density at radius 3 is 3.05 bits per heavy atom. The third-order valence-electron chi connectivity index (χ3n) is 3.76. The standard InChI is InChI=1S/C15H25N3O/c1-4-7-16-11-13-5-8-17-15(10-13)18(3)14-6-9-19-12(14)2/h5,8,10,12,14,16H,4,6-7,9,11H2,1-3H3. The maximum Gasteiger partial charge on any atom is 0.128 e. The van der Waals surface area contributed by atoms with Crippen LogP contribution in [0.1, 0.15) is 32.3 Å². The minimum Gasteiger partial charge on any atom is -0.376 e.